The van der Waals surface area contributed by atoms with Crippen LogP contribution in [0.5, 0.6) is 5.75 Å². The molecule has 292 valence electrons. The molecule has 2 aliphatic heterocycles. The summed E-state index contributed by atoms with van der Waals surface area (Å²) in [5, 5.41) is 25.7. The van der Waals surface area contributed by atoms with Gasteiger partial charge in [-0.1, -0.05) is 30.7 Å². The van der Waals surface area contributed by atoms with Gasteiger partial charge in [-0.25, -0.2) is 15.0 Å². The smallest absolute Gasteiger partial charge is 0.322 e. The van der Waals surface area contributed by atoms with E-state index in [0.717, 1.165) is 35.4 Å². The number of nitrogens with one attached hydrogen (secondary N) is 4. The van der Waals surface area contributed by atoms with Gasteiger partial charge in [-0.3, -0.25) is 39.4 Å². The van der Waals surface area contributed by atoms with E-state index in [0.29, 0.717) is 61.9 Å². The molecule has 0 saturated carbocycles. The van der Waals surface area contributed by atoms with Gasteiger partial charge in [0.15, 0.2) is 0 Å². The van der Waals surface area contributed by atoms with Gasteiger partial charge in [0, 0.05) is 49.2 Å². The van der Waals surface area contributed by atoms with Crippen LogP contribution < -0.4 is 26.2 Å². The fraction of sp³-hybridized carbons (Fsp3) is 0.333. The number of amides is 7. The topological polar surface area (TPSA) is 217 Å². The van der Waals surface area contributed by atoms with Crippen LogP contribution in [0.4, 0.5) is 16.2 Å². The van der Waals surface area contributed by atoms with Crippen LogP contribution in [0.2, 0.25) is 0 Å². The minimum Gasteiger partial charge on any atom is -0.492 e. The Morgan fingerprint density at radius 2 is 1.71 bits per heavy atom. The van der Waals surface area contributed by atoms with E-state index in [4.69, 9.17) is 9.94 Å². The van der Waals surface area contributed by atoms with Gasteiger partial charge in [-0.15, -0.1) is 5.10 Å². The molecule has 5 N–H and O–H groups in total. The fourth-order valence-electron chi connectivity index (χ4n) is 6.39. The van der Waals surface area contributed by atoms with Crippen LogP contribution in [-0.2, 0) is 29.1 Å². The highest BCUT2D eigenvalue weighted by Gasteiger charge is 2.44. The Hall–Kier alpha value is -6.62. The lowest BCUT2D eigenvalue weighted by molar-refractivity contribution is -0.136. The first-order valence-electron chi connectivity index (χ1n) is 18.4. The van der Waals surface area contributed by atoms with Crippen molar-refractivity contribution in [3.05, 3.63) is 101 Å². The summed E-state index contributed by atoms with van der Waals surface area (Å²) in [4.78, 5) is 77.3. The zero-order chi connectivity index (χ0) is 39.6. The van der Waals surface area contributed by atoms with E-state index >= 15 is 0 Å². The van der Waals surface area contributed by atoms with Crippen molar-refractivity contribution in [1.82, 2.24) is 35.6 Å². The second-order valence-electron chi connectivity index (χ2n) is 13.4. The van der Waals surface area contributed by atoms with Gasteiger partial charge in [0.05, 0.1) is 23.4 Å². The number of hydrogen-bond donors (Lipinski definition) is 5. The van der Waals surface area contributed by atoms with Gasteiger partial charge < -0.3 is 20.3 Å². The molecule has 1 unspecified atom stereocenters. The van der Waals surface area contributed by atoms with Gasteiger partial charge in [0.1, 0.15) is 18.4 Å². The number of imide groups is 2. The standard InChI is InChI=1S/C39H43N9O8/c1-2-3-19-46(23-25-6-8-26(9-7-25)35(50)44-55)39(54)41-27-10-13-30(14-11-27)56-21-20-47-24-29(43-45-47)5-4-18-40-28-12-15-31-32(22-28)38(53)48(37(31)52)33-16-17-34(49)42-36(33)51/h6-15,22,24,33,40,55H,2-5,16-21,23H2,1H3,(H,41,54)(H,44,50)(H,42,49,51). The number of aryl methyl sites for hydroxylation is 1. The maximum atomic E-state index is 13.2. The van der Waals surface area contributed by atoms with Crippen LogP contribution in [0.15, 0.2) is 72.9 Å². The molecule has 6 rings (SSSR count). The number of fused-ring (bicyclic) bond motifs is 1. The van der Waals surface area contributed by atoms with Crippen molar-refractivity contribution < 1.29 is 38.7 Å². The highest BCUT2D eigenvalue weighted by Crippen LogP contribution is 2.29. The van der Waals surface area contributed by atoms with Crippen LogP contribution in [-0.4, -0.2) is 91.3 Å². The first-order valence-corrected chi connectivity index (χ1v) is 18.4. The summed E-state index contributed by atoms with van der Waals surface area (Å²) >= 11 is 0. The molecule has 3 aromatic carbocycles. The van der Waals surface area contributed by atoms with Gasteiger partial charge in [0.25, 0.3) is 17.7 Å². The molecule has 2 aliphatic rings. The molecular weight excluding hydrogens is 722 g/mol. The average Bonchev–Trinajstić information content (AvgIpc) is 3.76. The molecule has 1 atom stereocenters. The third-order valence-electron chi connectivity index (χ3n) is 9.42. The van der Waals surface area contributed by atoms with Gasteiger partial charge >= 0.3 is 6.03 Å². The minimum atomic E-state index is -1.01. The molecule has 0 radical (unpaired) electrons. The van der Waals surface area contributed by atoms with Crippen molar-refractivity contribution in [3.63, 3.8) is 0 Å². The van der Waals surface area contributed by atoms with E-state index < -0.39 is 35.6 Å². The Labute approximate surface area is 322 Å². The number of carbonyl (C=O) groups is 6. The Bertz CT molecular complexity index is 2080. The first-order chi connectivity index (χ1) is 27.1. The monoisotopic (exact) mass is 765 g/mol. The molecule has 0 aliphatic carbocycles. The number of rotatable bonds is 17. The average molecular weight is 766 g/mol. The molecule has 56 heavy (non-hydrogen) atoms. The Morgan fingerprint density at radius 3 is 2.45 bits per heavy atom. The first kappa shape index (κ1) is 39.1. The third kappa shape index (κ3) is 9.54. The third-order valence-corrected chi connectivity index (χ3v) is 9.42. The molecule has 1 fully saturated rings. The number of unbranched alkanes of at least 4 members (excludes halogenated alkanes) is 1. The maximum absolute atomic E-state index is 13.2. The summed E-state index contributed by atoms with van der Waals surface area (Å²) in [5.74, 6) is -2.13. The van der Waals surface area contributed by atoms with E-state index in [-0.39, 0.29) is 30.0 Å². The molecule has 1 aromatic heterocycles. The number of nitrogens with zero attached hydrogens (tertiary/aromatic N) is 5. The number of urea groups is 1. The Morgan fingerprint density at radius 1 is 0.964 bits per heavy atom. The van der Waals surface area contributed by atoms with Crippen molar-refractivity contribution >= 4 is 46.9 Å². The van der Waals surface area contributed by atoms with Crippen LogP contribution in [0.3, 0.4) is 0 Å². The number of carbonyl (C=O) groups excluding carboxylic acids is 6. The van der Waals surface area contributed by atoms with Crippen molar-refractivity contribution in [2.75, 3.05) is 30.3 Å². The van der Waals surface area contributed by atoms with Crippen LogP contribution in [0.25, 0.3) is 0 Å². The van der Waals surface area contributed by atoms with E-state index in [1.165, 1.54) is 0 Å². The Kier molecular flexibility index (Phi) is 12.7. The highest BCUT2D eigenvalue weighted by atomic mass is 16.5. The second-order valence-corrected chi connectivity index (χ2v) is 13.4. The number of anilines is 2. The zero-order valence-corrected chi connectivity index (χ0v) is 30.8. The number of aromatic nitrogens is 3. The predicted octanol–water partition coefficient (Wildman–Crippen LogP) is 3.76. The van der Waals surface area contributed by atoms with Crippen molar-refractivity contribution in [3.8, 4) is 5.75 Å². The predicted molar refractivity (Wildman–Crippen MR) is 202 cm³/mol. The van der Waals surface area contributed by atoms with Crippen LogP contribution >= 0.6 is 0 Å². The summed E-state index contributed by atoms with van der Waals surface area (Å²) in [6.07, 6.45) is 5.15. The lowest BCUT2D eigenvalue weighted by Gasteiger charge is -2.27. The van der Waals surface area contributed by atoms with Crippen molar-refractivity contribution in [2.45, 2.75) is 64.6 Å². The summed E-state index contributed by atoms with van der Waals surface area (Å²) in [6.45, 7) is 4.36. The zero-order valence-electron chi connectivity index (χ0n) is 30.8. The maximum Gasteiger partial charge on any atom is 0.322 e. The number of piperidine rings is 1. The number of ether oxygens (including phenoxy) is 1. The number of hydrogen-bond acceptors (Lipinski definition) is 11. The summed E-state index contributed by atoms with van der Waals surface area (Å²) < 4.78 is 7.59. The van der Waals surface area contributed by atoms with E-state index in [1.54, 1.807) is 81.8 Å². The van der Waals surface area contributed by atoms with E-state index in [2.05, 4.69) is 33.2 Å². The molecule has 0 spiro atoms. The van der Waals surface area contributed by atoms with Gasteiger partial charge in [-0.2, -0.15) is 0 Å². The molecule has 0 bridgehead atoms. The molecular formula is C39H43N9O8. The minimum absolute atomic E-state index is 0.0639. The quantitative estimate of drug-likeness (QED) is 0.0451. The van der Waals surface area contributed by atoms with Crippen molar-refractivity contribution in [2.24, 2.45) is 0 Å². The van der Waals surface area contributed by atoms with Gasteiger partial charge in [-0.05, 0) is 85.8 Å². The lowest BCUT2D eigenvalue weighted by atomic mass is 10.0. The summed E-state index contributed by atoms with van der Waals surface area (Å²) in [7, 11) is 0. The van der Waals surface area contributed by atoms with E-state index in [9.17, 15) is 28.8 Å². The molecule has 4 aromatic rings. The molecule has 7 amide bonds. The second kappa shape index (κ2) is 18.1. The van der Waals surface area contributed by atoms with Crippen molar-refractivity contribution in [1.29, 1.82) is 0 Å². The molecule has 17 nitrogen and oxygen atoms in total. The molecule has 3 heterocycles. The van der Waals surface area contributed by atoms with Crippen LogP contribution in [0, 0.1) is 0 Å². The normalized spacial score (nSPS) is 15.0. The molecule has 17 heteroatoms. The summed E-state index contributed by atoms with van der Waals surface area (Å²) in [5.41, 5.74) is 5.31. The largest absolute Gasteiger partial charge is 0.492 e. The number of benzene rings is 3. The lowest BCUT2D eigenvalue weighted by Crippen LogP contribution is -2.54. The van der Waals surface area contributed by atoms with Gasteiger partial charge in [0.2, 0.25) is 11.8 Å². The fourth-order valence-corrected chi connectivity index (χ4v) is 6.39. The Balaban J connectivity index is 0.910. The number of hydroxylamine groups is 1. The molecule has 1 saturated heterocycles. The highest BCUT2D eigenvalue weighted by molar-refractivity contribution is 6.23. The summed E-state index contributed by atoms with van der Waals surface area (Å²) in [6, 6.07) is 17.4. The SMILES string of the molecule is CCCCN(Cc1ccc(C(=O)NO)cc1)C(=O)Nc1ccc(OCCn2cc(CCCNc3ccc4c(c3)C(=O)N(C3CCC(=O)NC3=O)C4=O)nn2)cc1. The van der Waals surface area contributed by atoms with E-state index in [1.807, 2.05) is 6.20 Å². The van der Waals surface area contributed by atoms with Crippen LogP contribution in [0.1, 0.15) is 81.4 Å².